The molecular formula is C11H14F3NO. The molecule has 0 unspecified atom stereocenters. The maximum Gasteiger partial charge on any atom is 0.416 e. The first-order valence-corrected chi connectivity index (χ1v) is 4.87. The Morgan fingerprint density at radius 3 is 2.44 bits per heavy atom. The maximum atomic E-state index is 12.6. The largest absolute Gasteiger partial charge is 0.416 e. The molecule has 0 aromatic carbocycles. The topological polar surface area (TPSA) is 33.1 Å². The van der Waals surface area contributed by atoms with Gasteiger partial charge < -0.3 is 5.11 Å². The molecule has 1 aromatic rings. The molecule has 1 N–H and O–H groups in total. The van der Waals surface area contributed by atoms with Crippen LogP contribution in [0.25, 0.3) is 0 Å². The zero-order chi connectivity index (χ0) is 12.4. The summed E-state index contributed by atoms with van der Waals surface area (Å²) in [6, 6.07) is 0.961. The number of aliphatic hydroxyl groups is 1. The Bertz CT molecular complexity index is 360. The highest BCUT2D eigenvalue weighted by Crippen LogP contribution is 2.34. The molecule has 0 spiro atoms. The van der Waals surface area contributed by atoms with Crippen molar-refractivity contribution in [1.29, 1.82) is 0 Å². The number of aliphatic hydroxyl groups excluding tert-OH is 1. The molecule has 0 atom stereocenters. The van der Waals surface area contributed by atoms with Crippen molar-refractivity contribution in [3.8, 4) is 0 Å². The second-order valence-corrected chi connectivity index (χ2v) is 4.53. The number of pyridine rings is 1. The fourth-order valence-corrected chi connectivity index (χ4v) is 1.42. The van der Waals surface area contributed by atoms with E-state index in [1.165, 1.54) is 6.20 Å². The molecule has 0 aliphatic carbocycles. The summed E-state index contributed by atoms with van der Waals surface area (Å²) in [5.74, 6) is 0. The molecule has 1 rings (SSSR count). The SMILES string of the molecule is CC(C)(CO)Cc1cnccc1C(F)(F)F. The van der Waals surface area contributed by atoms with E-state index in [-0.39, 0.29) is 18.6 Å². The summed E-state index contributed by atoms with van der Waals surface area (Å²) >= 11 is 0. The van der Waals surface area contributed by atoms with Crippen LogP contribution >= 0.6 is 0 Å². The summed E-state index contributed by atoms with van der Waals surface area (Å²) in [6.45, 7) is 3.25. The molecule has 1 heterocycles. The maximum absolute atomic E-state index is 12.6. The number of aromatic nitrogens is 1. The first kappa shape index (κ1) is 13.0. The van der Waals surface area contributed by atoms with Crippen molar-refractivity contribution < 1.29 is 18.3 Å². The van der Waals surface area contributed by atoms with Crippen LogP contribution in [0.4, 0.5) is 13.2 Å². The predicted octanol–water partition coefficient (Wildman–Crippen LogP) is 2.66. The second kappa shape index (κ2) is 4.41. The van der Waals surface area contributed by atoms with E-state index in [0.717, 1.165) is 12.3 Å². The highest BCUT2D eigenvalue weighted by atomic mass is 19.4. The van der Waals surface area contributed by atoms with Crippen molar-refractivity contribution in [1.82, 2.24) is 4.98 Å². The van der Waals surface area contributed by atoms with Gasteiger partial charge in [-0.2, -0.15) is 13.2 Å². The minimum absolute atomic E-state index is 0.119. The third-order valence-electron chi connectivity index (χ3n) is 2.31. The Labute approximate surface area is 92.1 Å². The van der Waals surface area contributed by atoms with Gasteiger partial charge in [-0.15, -0.1) is 0 Å². The normalized spacial score (nSPS) is 12.9. The third kappa shape index (κ3) is 3.20. The summed E-state index contributed by atoms with van der Waals surface area (Å²) in [4.78, 5) is 3.70. The summed E-state index contributed by atoms with van der Waals surface area (Å²) in [7, 11) is 0. The lowest BCUT2D eigenvalue weighted by molar-refractivity contribution is -0.138. The highest BCUT2D eigenvalue weighted by Gasteiger charge is 2.34. The summed E-state index contributed by atoms with van der Waals surface area (Å²) in [5.41, 5.74) is -1.14. The molecule has 16 heavy (non-hydrogen) atoms. The molecule has 90 valence electrons. The zero-order valence-electron chi connectivity index (χ0n) is 9.17. The van der Waals surface area contributed by atoms with Gasteiger partial charge in [0, 0.05) is 19.0 Å². The first-order valence-electron chi connectivity index (χ1n) is 4.87. The average molecular weight is 233 g/mol. The average Bonchev–Trinajstić information content (AvgIpc) is 2.16. The standard InChI is InChI=1S/C11H14F3NO/c1-10(2,7-16)5-8-6-15-4-3-9(8)11(12,13)14/h3-4,6,16H,5,7H2,1-2H3. The smallest absolute Gasteiger partial charge is 0.396 e. The number of hydrogen-bond donors (Lipinski definition) is 1. The molecule has 0 saturated carbocycles. The summed E-state index contributed by atoms with van der Waals surface area (Å²) < 4.78 is 37.9. The van der Waals surface area contributed by atoms with Crippen molar-refractivity contribution in [3.63, 3.8) is 0 Å². The molecular weight excluding hydrogens is 219 g/mol. The van der Waals surface area contributed by atoms with E-state index in [0.29, 0.717) is 0 Å². The molecule has 0 aliphatic rings. The quantitative estimate of drug-likeness (QED) is 0.870. The van der Waals surface area contributed by atoms with E-state index in [1.54, 1.807) is 13.8 Å². The molecule has 0 amide bonds. The van der Waals surface area contributed by atoms with Crippen LogP contribution in [0, 0.1) is 5.41 Å². The van der Waals surface area contributed by atoms with Gasteiger partial charge in [0.05, 0.1) is 5.56 Å². The van der Waals surface area contributed by atoms with E-state index in [1.807, 2.05) is 0 Å². The van der Waals surface area contributed by atoms with Crippen LogP contribution in [0.5, 0.6) is 0 Å². The molecule has 0 bridgehead atoms. The van der Waals surface area contributed by atoms with Gasteiger partial charge in [0.2, 0.25) is 0 Å². The lowest BCUT2D eigenvalue weighted by atomic mass is 9.85. The van der Waals surface area contributed by atoms with Crippen LogP contribution in [-0.4, -0.2) is 16.7 Å². The number of rotatable bonds is 3. The van der Waals surface area contributed by atoms with E-state index in [4.69, 9.17) is 5.11 Å². The third-order valence-corrected chi connectivity index (χ3v) is 2.31. The first-order chi connectivity index (χ1) is 7.26. The minimum atomic E-state index is -4.37. The summed E-state index contributed by atoms with van der Waals surface area (Å²) in [6.07, 6.45) is -1.89. The molecule has 5 heteroatoms. The fraction of sp³-hybridized carbons (Fsp3) is 0.545. The van der Waals surface area contributed by atoms with E-state index in [9.17, 15) is 13.2 Å². The van der Waals surface area contributed by atoms with Crippen LogP contribution in [-0.2, 0) is 12.6 Å². The van der Waals surface area contributed by atoms with Crippen molar-refractivity contribution in [2.24, 2.45) is 5.41 Å². The molecule has 0 fully saturated rings. The molecule has 2 nitrogen and oxygen atoms in total. The number of hydrogen-bond acceptors (Lipinski definition) is 2. The second-order valence-electron chi connectivity index (χ2n) is 4.53. The minimum Gasteiger partial charge on any atom is -0.396 e. The zero-order valence-corrected chi connectivity index (χ0v) is 9.17. The van der Waals surface area contributed by atoms with Crippen molar-refractivity contribution in [2.45, 2.75) is 26.4 Å². The van der Waals surface area contributed by atoms with Crippen LogP contribution < -0.4 is 0 Å². The van der Waals surface area contributed by atoms with Gasteiger partial charge in [0.15, 0.2) is 0 Å². The van der Waals surface area contributed by atoms with Gasteiger partial charge in [-0.1, -0.05) is 13.8 Å². The van der Waals surface area contributed by atoms with E-state index in [2.05, 4.69) is 4.98 Å². The van der Waals surface area contributed by atoms with Crippen LogP contribution in [0.1, 0.15) is 25.0 Å². The van der Waals surface area contributed by atoms with Crippen molar-refractivity contribution >= 4 is 0 Å². The van der Waals surface area contributed by atoms with Gasteiger partial charge in [0.1, 0.15) is 0 Å². The van der Waals surface area contributed by atoms with Crippen molar-refractivity contribution in [2.75, 3.05) is 6.61 Å². The summed E-state index contributed by atoms with van der Waals surface area (Å²) in [5, 5.41) is 9.05. The van der Waals surface area contributed by atoms with Crippen molar-refractivity contribution in [3.05, 3.63) is 29.6 Å². The van der Waals surface area contributed by atoms with E-state index < -0.39 is 17.2 Å². The van der Waals surface area contributed by atoms with Gasteiger partial charge in [-0.3, -0.25) is 4.98 Å². The molecule has 0 radical (unpaired) electrons. The van der Waals surface area contributed by atoms with E-state index >= 15 is 0 Å². The van der Waals surface area contributed by atoms with Gasteiger partial charge in [-0.25, -0.2) is 0 Å². The Balaban J connectivity index is 3.06. The van der Waals surface area contributed by atoms with Crippen LogP contribution in [0.2, 0.25) is 0 Å². The van der Waals surface area contributed by atoms with Gasteiger partial charge in [-0.05, 0) is 23.5 Å². The van der Waals surface area contributed by atoms with Gasteiger partial charge in [0.25, 0.3) is 0 Å². The highest BCUT2D eigenvalue weighted by molar-refractivity contribution is 5.27. The van der Waals surface area contributed by atoms with Crippen LogP contribution in [0.15, 0.2) is 18.5 Å². The lowest BCUT2D eigenvalue weighted by Gasteiger charge is -2.23. The predicted molar refractivity (Wildman–Crippen MR) is 53.8 cm³/mol. The Morgan fingerprint density at radius 1 is 1.31 bits per heavy atom. The van der Waals surface area contributed by atoms with Crippen LogP contribution in [0.3, 0.4) is 0 Å². The molecule has 0 aliphatic heterocycles. The fourth-order valence-electron chi connectivity index (χ4n) is 1.42. The Kier molecular flexibility index (Phi) is 3.57. The number of nitrogens with zero attached hydrogens (tertiary/aromatic N) is 1. The Morgan fingerprint density at radius 2 is 1.94 bits per heavy atom. The monoisotopic (exact) mass is 233 g/mol. The lowest BCUT2D eigenvalue weighted by Crippen LogP contribution is -2.22. The number of alkyl halides is 3. The molecule has 0 saturated heterocycles. The molecule has 1 aromatic heterocycles. The number of halogens is 3. The van der Waals surface area contributed by atoms with Gasteiger partial charge >= 0.3 is 6.18 Å². The Hall–Kier alpha value is -1.10.